The maximum absolute atomic E-state index is 12.2. The van der Waals surface area contributed by atoms with Crippen LogP contribution in [0.4, 0.5) is 0 Å². The van der Waals surface area contributed by atoms with E-state index in [1.165, 1.54) is 29.5 Å². The van der Waals surface area contributed by atoms with E-state index in [1.807, 2.05) is 17.5 Å². The second kappa shape index (κ2) is 8.62. The number of aromatic nitrogens is 1. The molecule has 7 heteroatoms. The molecule has 0 spiro atoms. The summed E-state index contributed by atoms with van der Waals surface area (Å²) >= 11 is 7.37. The van der Waals surface area contributed by atoms with Gasteiger partial charge in [-0.3, -0.25) is 4.79 Å². The maximum atomic E-state index is 12.2. The van der Waals surface area contributed by atoms with Crippen LogP contribution in [0.5, 0.6) is 5.75 Å². The van der Waals surface area contributed by atoms with E-state index < -0.39 is 12.6 Å². The molecule has 0 fully saturated rings. The highest BCUT2D eigenvalue weighted by atomic mass is 35.5. The number of ketones is 1. The molecule has 0 atom stereocenters. The van der Waals surface area contributed by atoms with Gasteiger partial charge in [0.1, 0.15) is 17.4 Å². The van der Waals surface area contributed by atoms with Crippen LogP contribution in [0.3, 0.4) is 0 Å². The molecule has 0 saturated carbocycles. The molecule has 2 aromatic carbocycles. The summed E-state index contributed by atoms with van der Waals surface area (Å²) in [4.78, 5) is 27.1. The number of thiazole rings is 1. The first-order valence-corrected chi connectivity index (χ1v) is 9.13. The zero-order valence-corrected chi connectivity index (χ0v) is 15.5. The number of allylic oxidation sites excluding steroid dienone is 1. The molecule has 0 radical (unpaired) electrons. The van der Waals surface area contributed by atoms with E-state index in [1.54, 1.807) is 30.3 Å². The highest BCUT2D eigenvalue weighted by Crippen LogP contribution is 2.25. The van der Waals surface area contributed by atoms with Gasteiger partial charge in [0, 0.05) is 21.5 Å². The molecular formula is C20H13ClNO4S-. The van der Waals surface area contributed by atoms with Gasteiger partial charge in [0.25, 0.3) is 0 Å². The zero-order chi connectivity index (χ0) is 19.2. The van der Waals surface area contributed by atoms with Crippen LogP contribution in [0.2, 0.25) is 5.02 Å². The Morgan fingerprint density at radius 3 is 2.48 bits per heavy atom. The second-order valence-corrected chi connectivity index (χ2v) is 6.76. The average molecular weight is 399 g/mol. The number of carbonyl (C=O) groups is 2. The topological polar surface area (TPSA) is 79.3 Å². The number of ether oxygens (including phenoxy) is 1. The standard InChI is InChI=1S/C20H14ClNO4S/c21-15-5-1-14(2-6-15)20-22-16(12-27-20)7-10-18(23)13-3-8-17(9-4-13)26-11-19(24)25/h1-10,12H,11H2,(H,24,25)/p-1/b10-7+. The number of aliphatic carboxylic acids is 1. The van der Waals surface area contributed by atoms with Gasteiger partial charge in [-0.25, -0.2) is 4.98 Å². The predicted molar refractivity (Wildman–Crippen MR) is 103 cm³/mol. The lowest BCUT2D eigenvalue weighted by atomic mass is 10.1. The molecule has 0 N–H and O–H groups in total. The summed E-state index contributed by atoms with van der Waals surface area (Å²) in [6.45, 7) is -0.535. The van der Waals surface area contributed by atoms with Crippen molar-refractivity contribution in [2.24, 2.45) is 0 Å². The van der Waals surface area contributed by atoms with E-state index in [2.05, 4.69) is 4.98 Å². The molecule has 1 heterocycles. The number of hydrogen-bond donors (Lipinski definition) is 0. The average Bonchev–Trinajstić information content (AvgIpc) is 3.14. The molecule has 0 aliphatic rings. The summed E-state index contributed by atoms with van der Waals surface area (Å²) in [5.41, 5.74) is 2.11. The lowest BCUT2D eigenvalue weighted by Crippen LogP contribution is -2.28. The van der Waals surface area contributed by atoms with Gasteiger partial charge >= 0.3 is 0 Å². The van der Waals surface area contributed by atoms with Crippen molar-refractivity contribution in [2.45, 2.75) is 0 Å². The fraction of sp³-hybridized carbons (Fsp3) is 0.0500. The van der Waals surface area contributed by atoms with Crippen LogP contribution >= 0.6 is 22.9 Å². The number of benzene rings is 2. The first-order chi connectivity index (χ1) is 13.0. The number of carboxylic acids is 1. The molecule has 3 aromatic rings. The first kappa shape index (κ1) is 18.8. The van der Waals surface area contributed by atoms with Gasteiger partial charge in [0.15, 0.2) is 5.78 Å². The second-order valence-electron chi connectivity index (χ2n) is 5.47. The van der Waals surface area contributed by atoms with Crippen molar-refractivity contribution in [3.63, 3.8) is 0 Å². The number of hydrogen-bond acceptors (Lipinski definition) is 6. The minimum Gasteiger partial charge on any atom is -0.546 e. The van der Waals surface area contributed by atoms with E-state index in [0.29, 0.717) is 22.0 Å². The number of halogens is 1. The number of nitrogens with zero attached hydrogens (tertiary/aromatic N) is 1. The Morgan fingerprint density at radius 2 is 1.81 bits per heavy atom. The van der Waals surface area contributed by atoms with Gasteiger partial charge in [-0.15, -0.1) is 11.3 Å². The normalized spacial score (nSPS) is 10.9. The lowest BCUT2D eigenvalue weighted by Gasteiger charge is -2.06. The molecule has 0 aliphatic heterocycles. The molecule has 0 bridgehead atoms. The molecule has 136 valence electrons. The van der Waals surface area contributed by atoms with Gasteiger partial charge in [-0.1, -0.05) is 23.7 Å². The lowest BCUT2D eigenvalue weighted by molar-refractivity contribution is -0.307. The first-order valence-electron chi connectivity index (χ1n) is 7.88. The Bertz CT molecular complexity index is 978. The third kappa shape index (κ3) is 5.26. The molecule has 5 nitrogen and oxygen atoms in total. The van der Waals surface area contributed by atoms with Crippen LogP contribution in [0.15, 0.2) is 60.0 Å². The van der Waals surface area contributed by atoms with Crippen LogP contribution in [-0.4, -0.2) is 23.3 Å². The minimum atomic E-state index is -1.31. The fourth-order valence-electron chi connectivity index (χ4n) is 2.20. The molecule has 0 unspecified atom stereocenters. The third-order valence-electron chi connectivity index (χ3n) is 3.51. The summed E-state index contributed by atoms with van der Waals surface area (Å²) in [6, 6.07) is 13.6. The highest BCUT2D eigenvalue weighted by Gasteiger charge is 2.05. The summed E-state index contributed by atoms with van der Waals surface area (Å²) in [6.07, 6.45) is 3.09. The summed E-state index contributed by atoms with van der Waals surface area (Å²) in [5.74, 6) is -1.14. The van der Waals surface area contributed by atoms with E-state index >= 15 is 0 Å². The van der Waals surface area contributed by atoms with Crippen molar-refractivity contribution in [1.29, 1.82) is 0 Å². The Hall–Kier alpha value is -2.96. The van der Waals surface area contributed by atoms with Gasteiger partial charge in [-0.2, -0.15) is 0 Å². The third-order valence-corrected chi connectivity index (χ3v) is 4.68. The van der Waals surface area contributed by atoms with Gasteiger partial charge < -0.3 is 14.6 Å². The van der Waals surface area contributed by atoms with Crippen LogP contribution in [0.1, 0.15) is 16.1 Å². The number of carbonyl (C=O) groups excluding carboxylic acids is 2. The molecule has 0 saturated heterocycles. The Morgan fingerprint density at radius 1 is 1.11 bits per heavy atom. The van der Waals surface area contributed by atoms with E-state index in [0.717, 1.165) is 10.6 Å². The van der Waals surface area contributed by atoms with Crippen molar-refractivity contribution in [1.82, 2.24) is 4.98 Å². The minimum absolute atomic E-state index is 0.192. The Labute approximate surface area is 164 Å². The quantitative estimate of drug-likeness (QED) is 0.449. The molecule has 1 aromatic heterocycles. The molecular weight excluding hydrogens is 386 g/mol. The van der Waals surface area contributed by atoms with E-state index in [9.17, 15) is 14.7 Å². The van der Waals surface area contributed by atoms with E-state index in [-0.39, 0.29) is 5.78 Å². The highest BCUT2D eigenvalue weighted by molar-refractivity contribution is 7.13. The van der Waals surface area contributed by atoms with E-state index in [4.69, 9.17) is 16.3 Å². The summed E-state index contributed by atoms with van der Waals surface area (Å²) in [7, 11) is 0. The zero-order valence-electron chi connectivity index (χ0n) is 13.9. The van der Waals surface area contributed by atoms with Crippen LogP contribution in [-0.2, 0) is 4.79 Å². The fourth-order valence-corrected chi connectivity index (χ4v) is 3.12. The van der Waals surface area contributed by atoms with Gasteiger partial charge in [0.2, 0.25) is 0 Å². The Kier molecular flexibility index (Phi) is 6.01. The number of carboxylic acid groups (broad SMARTS) is 1. The SMILES string of the molecule is O=C([O-])COc1ccc(C(=O)/C=C/c2csc(-c3ccc(Cl)cc3)n2)cc1. The van der Waals surface area contributed by atoms with Crippen molar-refractivity contribution >= 4 is 40.8 Å². The number of rotatable bonds is 7. The molecule has 0 amide bonds. The monoisotopic (exact) mass is 398 g/mol. The van der Waals surface area contributed by atoms with Crippen molar-refractivity contribution in [2.75, 3.05) is 6.61 Å². The van der Waals surface area contributed by atoms with Crippen LogP contribution in [0.25, 0.3) is 16.6 Å². The molecule has 0 aliphatic carbocycles. The largest absolute Gasteiger partial charge is 0.546 e. The predicted octanol–water partition coefficient (Wildman–Crippen LogP) is 3.49. The van der Waals surface area contributed by atoms with Gasteiger partial charge in [0.05, 0.1) is 11.7 Å². The van der Waals surface area contributed by atoms with Crippen molar-refractivity contribution < 1.29 is 19.4 Å². The molecule has 3 rings (SSSR count). The summed E-state index contributed by atoms with van der Waals surface area (Å²) < 4.78 is 4.98. The van der Waals surface area contributed by atoms with Crippen molar-refractivity contribution in [3.8, 4) is 16.3 Å². The summed E-state index contributed by atoms with van der Waals surface area (Å²) in [5, 5.41) is 13.7. The van der Waals surface area contributed by atoms with Gasteiger partial charge in [-0.05, 0) is 48.6 Å². The smallest absolute Gasteiger partial charge is 0.185 e. The van der Waals surface area contributed by atoms with Crippen LogP contribution in [0, 0.1) is 0 Å². The molecule has 27 heavy (non-hydrogen) atoms. The Balaban J connectivity index is 1.64. The van der Waals surface area contributed by atoms with Crippen molar-refractivity contribution in [3.05, 3.63) is 76.3 Å². The van der Waals surface area contributed by atoms with Crippen LogP contribution < -0.4 is 9.84 Å². The maximum Gasteiger partial charge on any atom is 0.185 e.